The van der Waals surface area contributed by atoms with Gasteiger partial charge in [0.15, 0.2) is 0 Å². The second-order valence-corrected chi connectivity index (χ2v) is 5.45. The third-order valence-electron chi connectivity index (χ3n) is 3.42. The summed E-state index contributed by atoms with van der Waals surface area (Å²) >= 11 is 0. The lowest BCUT2D eigenvalue weighted by Crippen LogP contribution is -2.52. The van der Waals surface area contributed by atoms with E-state index in [0.717, 1.165) is 14.2 Å². The number of carbonyl (C=O) groups is 4. The van der Waals surface area contributed by atoms with Crippen LogP contribution < -0.4 is 10.6 Å². The molecule has 0 radical (unpaired) electrons. The van der Waals surface area contributed by atoms with Crippen LogP contribution in [0.3, 0.4) is 0 Å². The Labute approximate surface area is 150 Å². The van der Waals surface area contributed by atoms with Gasteiger partial charge in [-0.2, -0.15) is 0 Å². The van der Waals surface area contributed by atoms with Crippen molar-refractivity contribution in [3.63, 3.8) is 0 Å². The van der Waals surface area contributed by atoms with E-state index in [1.807, 2.05) is 0 Å². The van der Waals surface area contributed by atoms with Gasteiger partial charge < -0.3 is 20.1 Å². The van der Waals surface area contributed by atoms with Gasteiger partial charge in [-0.3, -0.25) is 14.4 Å². The lowest BCUT2D eigenvalue weighted by atomic mass is 10.0. The van der Waals surface area contributed by atoms with E-state index in [9.17, 15) is 23.6 Å². The average molecular weight is 368 g/mol. The van der Waals surface area contributed by atoms with Crippen molar-refractivity contribution in [1.29, 1.82) is 0 Å². The molecule has 0 aliphatic heterocycles. The number of amides is 2. The summed E-state index contributed by atoms with van der Waals surface area (Å²) in [6.45, 7) is 1.22. The first kappa shape index (κ1) is 21.1. The molecule has 0 saturated carbocycles. The second-order valence-electron chi connectivity index (χ2n) is 5.45. The fraction of sp³-hybridized carbons (Fsp3) is 0.412. The molecular weight excluding hydrogens is 347 g/mol. The SMILES string of the molecule is COC(=O)C[C@@H](NC(=O)[C@H](Cc1cccc(F)c1)NC(C)=O)C(=O)OC. The van der Waals surface area contributed by atoms with Gasteiger partial charge >= 0.3 is 11.9 Å². The van der Waals surface area contributed by atoms with Crippen LogP contribution in [0.5, 0.6) is 0 Å². The highest BCUT2D eigenvalue weighted by molar-refractivity contribution is 5.92. The molecule has 0 saturated heterocycles. The molecule has 8 nitrogen and oxygen atoms in total. The standard InChI is InChI=1S/C17H21FN2O6/c1-10(21)19-13(8-11-5-4-6-12(18)7-11)16(23)20-14(17(24)26-3)9-15(22)25-2/h4-7,13-14H,8-9H2,1-3H3,(H,19,21)(H,20,23)/t13-,14+/m0/s1. The Morgan fingerprint density at radius 1 is 1.08 bits per heavy atom. The van der Waals surface area contributed by atoms with Gasteiger partial charge in [0.25, 0.3) is 0 Å². The summed E-state index contributed by atoms with van der Waals surface area (Å²) in [5, 5.41) is 4.79. The molecule has 1 rings (SSSR count). The van der Waals surface area contributed by atoms with Gasteiger partial charge in [-0.05, 0) is 17.7 Å². The van der Waals surface area contributed by atoms with Crippen LogP contribution in [0.4, 0.5) is 4.39 Å². The first-order valence-electron chi connectivity index (χ1n) is 7.73. The smallest absolute Gasteiger partial charge is 0.328 e. The van der Waals surface area contributed by atoms with Crippen LogP contribution in [0.15, 0.2) is 24.3 Å². The van der Waals surface area contributed by atoms with E-state index in [4.69, 9.17) is 0 Å². The number of nitrogens with one attached hydrogen (secondary N) is 2. The van der Waals surface area contributed by atoms with Gasteiger partial charge in [0.1, 0.15) is 17.9 Å². The molecule has 9 heteroatoms. The van der Waals surface area contributed by atoms with E-state index in [-0.39, 0.29) is 6.42 Å². The van der Waals surface area contributed by atoms with Crippen molar-refractivity contribution in [3.8, 4) is 0 Å². The molecule has 0 unspecified atom stereocenters. The van der Waals surface area contributed by atoms with Gasteiger partial charge in [-0.15, -0.1) is 0 Å². The summed E-state index contributed by atoms with van der Waals surface area (Å²) in [6.07, 6.45) is -0.434. The fourth-order valence-corrected chi connectivity index (χ4v) is 2.21. The summed E-state index contributed by atoms with van der Waals surface area (Å²) in [5.74, 6) is -3.24. The van der Waals surface area contributed by atoms with Crippen molar-refractivity contribution in [2.45, 2.75) is 31.8 Å². The van der Waals surface area contributed by atoms with Crippen molar-refractivity contribution in [3.05, 3.63) is 35.6 Å². The van der Waals surface area contributed by atoms with E-state index >= 15 is 0 Å². The van der Waals surface area contributed by atoms with Crippen LogP contribution in [0, 0.1) is 5.82 Å². The van der Waals surface area contributed by atoms with Crippen LogP contribution in [0.2, 0.25) is 0 Å². The quantitative estimate of drug-likeness (QED) is 0.630. The predicted octanol–water partition coefficient (Wildman–Crippen LogP) is 0.0938. The Morgan fingerprint density at radius 2 is 1.77 bits per heavy atom. The van der Waals surface area contributed by atoms with E-state index in [1.54, 1.807) is 6.07 Å². The number of ether oxygens (including phenoxy) is 2. The summed E-state index contributed by atoms with van der Waals surface area (Å²) in [7, 11) is 2.25. The maximum absolute atomic E-state index is 13.3. The van der Waals surface area contributed by atoms with Crippen LogP contribution in [-0.4, -0.2) is 50.1 Å². The highest BCUT2D eigenvalue weighted by atomic mass is 19.1. The van der Waals surface area contributed by atoms with Crippen LogP contribution in [0.25, 0.3) is 0 Å². The first-order valence-corrected chi connectivity index (χ1v) is 7.73. The summed E-state index contributed by atoms with van der Waals surface area (Å²) < 4.78 is 22.4. The number of methoxy groups -OCH3 is 2. The lowest BCUT2D eigenvalue weighted by molar-refractivity contribution is -0.151. The molecule has 0 aliphatic carbocycles. The largest absolute Gasteiger partial charge is 0.469 e. The number of carbonyl (C=O) groups excluding carboxylic acids is 4. The van der Waals surface area contributed by atoms with Gasteiger partial charge in [-0.1, -0.05) is 12.1 Å². The Kier molecular flexibility index (Phi) is 8.20. The molecule has 0 aliphatic rings. The van der Waals surface area contributed by atoms with Gasteiger partial charge in [0, 0.05) is 13.3 Å². The lowest BCUT2D eigenvalue weighted by Gasteiger charge is -2.21. The maximum atomic E-state index is 13.3. The Balaban J connectivity index is 2.93. The number of hydrogen-bond donors (Lipinski definition) is 2. The van der Waals surface area contributed by atoms with Crippen LogP contribution in [0.1, 0.15) is 18.9 Å². The molecule has 2 N–H and O–H groups in total. The van der Waals surface area contributed by atoms with Gasteiger partial charge in [-0.25, -0.2) is 9.18 Å². The summed E-state index contributed by atoms with van der Waals surface area (Å²) in [4.78, 5) is 47.0. The van der Waals surface area contributed by atoms with Crippen molar-refractivity contribution in [2.75, 3.05) is 14.2 Å². The van der Waals surface area contributed by atoms with Crippen molar-refractivity contribution >= 4 is 23.8 Å². The average Bonchev–Trinajstić information content (AvgIpc) is 2.59. The summed E-state index contributed by atoms with van der Waals surface area (Å²) in [6, 6.07) is 3.21. The van der Waals surface area contributed by atoms with Crippen LogP contribution in [-0.2, 0) is 35.1 Å². The number of rotatable bonds is 8. The zero-order chi connectivity index (χ0) is 19.7. The van der Waals surface area contributed by atoms with Gasteiger partial charge in [0.2, 0.25) is 11.8 Å². The molecule has 1 aromatic carbocycles. The Morgan fingerprint density at radius 3 is 2.31 bits per heavy atom. The fourth-order valence-electron chi connectivity index (χ4n) is 2.21. The highest BCUT2D eigenvalue weighted by Gasteiger charge is 2.29. The van der Waals surface area contributed by atoms with Crippen molar-refractivity contribution < 1.29 is 33.0 Å². The molecule has 2 amide bonds. The second kappa shape index (κ2) is 10.1. The zero-order valence-electron chi connectivity index (χ0n) is 14.7. The molecular formula is C17H21FN2O6. The van der Waals surface area contributed by atoms with E-state index in [1.165, 1.54) is 25.1 Å². The van der Waals surface area contributed by atoms with E-state index in [0.29, 0.717) is 5.56 Å². The predicted molar refractivity (Wildman–Crippen MR) is 88.3 cm³/mol. The molecule has 0 heterocycles. The molecule has 1 aromatic rings. The Hall–Kier alpha value is -2.97. The highest BCUT2D eigenvalue weighted by Crippen LogP contribution is 2.08. The number of halogens is 1. The normalized spacial score (nSPS) is 12.5. The topological polar surface area (TPSA) is 111 Å². The van der Waals surface area contributed by atoms with Crippen molar-refractivity contribution in [2.24, 2.45) is 0 Å². The molecule has 0 fully saturated rings. The minimum Gasteiger partial charge on any atom is -0.469 e. The van der Waals surface area contributed by atoms with E-state index < -0.39 is 48.1 Å². The molecule has 0 bridgehead atoms. The van der Waals surface area contributed by atoms with Gasteiger partial charge in [0.05, 0.1) is 20.6 Å². The molecule has 142 valence electrons. The first-order chi connectivity index (χ1) is 12.3. The monoisotopic (exact) mass is 368 g/mol. The van der Waals surface area contributed by atoms with Crippen molar-refractivity contribution in [1.82, 2.24) is 10.6 Å². The molecule has 26 heavy (non-hydrogen) atoms. The summed E-state index contributed by atoms with van der Waals surface area (Å²) in [5.41, 5.74) is 0.474. The number of hydrogen-bond acceptors (Lipinski definition) is 6. The van der Waals surface area contributed by atoms with Crippen LogP contribution >= 0.6 is 0 Å². The molecule has 0 aromatic heterocycles. The third kappa shape index (κ3) is 6.88. The van der Waals surface area contributed by atoms with E-state index in [2.05, 4.69) is 20.1 Å². The Bertz CT molecular complexity index is 679. The number of esters is 2. The third-order valence-corrected chi connectivity index (χ3v) is 3.42. The minimum absolute atomic E-state index is 0.00467. The molecule has 0 spiro atoms. The zero-order valence-corrected chi connectivity index (χ0v) is 14.7. The number of benzene rings is 1. The maximum Gasteiger partial charge on any atom is 0.328 e. The minimum atomic E-state index is -1.27. The molecule has 2 atom stereocenters.